The highest BCUT2D eigenvalue weighted by molar-refractivity contribution is 5.76. The van der Waals surface area contributed by atoms with Crippen LogP contribution in [0.5, 0.6) is 0 Å². The van der Waals surface area contributed by atoms with E-state index in [-0.39, 0.29) is 0 Å². The summed E-state index contributed by atoms with van der Waals surface area (Å²) in [6, 6.07) is 0. The third kappa shape index (κ3) is 3.29. The van der Waals surface area contributed by atoms with E-state index in [1.807, 2.05) is 4.90 Å². The lowest BCUT2D eigenvalue weighted by atomic mass is 10.1. The van der Waals surface area contributed by atoms with E-state index in [2.05, 4.69) is 13.8 Å². The number of hydrogen-bond acceptors (Lipinski definition) is 2. The van der Waals surface area contributed by atoms with Crippen molar-refractivity contribution in [3.8, 4) is 0 Å². The van der Waals surface area contributed by atoms with Crippen molar-refractivity contribution in [1.29, 1.82) is 0 Å². The predicted molar refractivity (Wildman–Crippen MR) is 57.8 cm³/mol. The Morgan fingerprint density at radius 2 is 2.36 bits per heavy atom. The zero-order valence-electron chi connectivity index (χ0n) is 9.33. The SMILES string of the molecule is CC(CN)CCC(=O)N1CCC(C)C1. The van der Waals surface area contributed by atoms with Crippen LogP contribution < -0.4 is 5.73 Å². The van der Waals surface area contributed by atoms with E-state index >= 15 is 0 Å². The van der Waals surface area contributed by atoms with Crippen LogP contribution >= 0.6 is 0 Å². The molecule has 0 aromatic heterocycles. The molecular formula is C11H22N2O. The minimum atomic E-state index is 0.314. The third-order valence-corrected chi connectivity index (χ3v) is 3.03. The predicted octanol–water partition coefficient (Wildman–Crippen LogP) is 1.23. The van der Waals surface area contributed by atoms with E-state index in [9.17, 15) is 4.79 Å². The van der Waals surface area contributed by atoms with E-state index in [0.29, 0.717) is 30.7 Å². The molecule has 1 heterocycles. The van der Waals surface area contributed by atoms with Crippen LogP contribution in [0.15, 0.2) is 0 Å². The van der Waals surface area contributed by atoms with Gasteiger partial charge in [0.25, 0.3) is 0 Å². The molecule has 0 bridgehead atoms. The molecular weight excluding hydrogens is 176 g/mol. The number of carbonyl (C=O) groups excluding carboxylic acids is 1. The van der Waals surface area contributed by atoms with Gasteiger partial charge in [-0.3, -0.25) is 4.79 Å². The Kier molecular flexibility index (Phi) is 4.39. The molecule has 0 aromatic rings. The van der Waals surface area contributed by atoms with Crippen LogP contribution in [-0.2, 0) is 4.79 Å². The summed E-state index contributed by atoms with van der Waals surface area (Å²) < 4.78 is 0. The number of likely N-dealkylation sites (tertiary alicyclic amines) is 1. The molecule has 1 saturated heterocycles. The molecule has 0 radical (unpaired) electrons. The van der Waals surface area contributed by atoms with Crippen LogP contribution in [0, 0.1) is 11.8 Å². The molecule has 1 fully saturated rings. The molecule has 0 saturated carbocycles. The van der Waals surface area contributed by atoms with Crippen molar-refractivity contribution >= 4 is 5.91 Å². The van der Waals surface area contributed by atoms with Crippen LogP contribution in [0.3, 0.4) is 0 Å². The van der Waals surface area contributed by atoms with Gasteiger partial charge in [0.1, 0.15) is 0 Å². The van der Waals surface area contributed by atoms with Gasteiger partial charge in [-0.05, 0) is 31.2 Å². The summed E-state index contributed by atoms with van der Waals surface area (Å²) >= 11 is 0. The van der Waals surface area contributed by atoms with Crippen molar-refractivity contribution in [3.63, 3.8) is 0 Å². The van der Waals surface area contributed by atoms with Gasteiger partial charge in [0.15, 0.2) is 0 Å². The van der Waals surface area contributed by atoms with Crippen molar-refractivity contribution in [1.82, 2.24) is 4.90 Å². The molecule has 0 aliphatic carbocycles. The van der Waals surface area contributed by atoms with E-state index < -0.39 is 0 Å². The molecule has 1 amide bonds. The van der Waals surface area contributed by atoms with Crippen LogP contribution in [0.25, 0.3) is 0 Å². The highest BCUT2D eigenvalue weighted by Gasteiger charge is 2.22. The quantitative estimate of drug-likeness (QED) is 0.738. The van der Waals surface area contributed by atoms with Gasteiger partial charge in [0, 0.05) is 19.5 Å². The highest BCUT2D eigenvalue weighted by Crippen LogP contribution is 2.17. The Morgan fingerprint density at radius 3 is 2.86 bits per heavy atom. The lowest BCUT2D eigenvalue weighted by Crippen LogP contribution is -2.28. The van der Waals surface area contributed by atoms with Crippen molar-refractivity contribution in [2.45, 2.75) is 33.1 Å². The number of nitrogens with zero attached hydrogens (tertiary/aromatic N) is 1. The molecule has 2 N–H and O–H groups in total. The van der Waals surface area contributed by atoms with Crippen LogP contribution in [0.1, 0.15) is 33.1 Å². The summed E-state index contributed by atoms with van der Waals surface area (Å²) in [6.07, 6.45) is 2.77. The van der Waals surface area contributed by atoms with Gasteiger partial charge in [0.05, 0.1) is 0 Å². The standard InChI is InChI=1S/C11H22N2O/c1-9(7-12)3-4-11(14)13-6-5-10(2)8-13/h9-10H,3-8,12H2,1-2H3. The van der Waals surface area contributed by atoms with Crippen LogP contribution in [0.4, 0.5) is 0 Å². The van der Waals surface area contributed by atoms with E-state index in [0.717, 1.165) is 25.9 Å². The average molecular weight is 198 g/mol. The van der Waals surface area contributed by atoms with Gasteiger partial charge in [-0.1, -0.05) is 13.8 Å². The maximum atomic E-state index is 11.7. The van der Waals surface area contributed by atoms with Crippen molar-refractivity contribution < 1.29 is 4.79 Å². The van der Waals surface area contributed by atoms with Crippen molar-refractivity contribution in [2.24, 2.45) is 17.6 Å². The van der Waals surface area contributed by atoms with Crippen molar-refractivity contribution in [2.75, 3.05) is 19.6 Å². The monoisotopic (exact) mass is 198 g/mol. The third-order valence-electron chi connectivity index (χ3n) is 3.03. The number of carbonyl (C=O) groups is 1. The van der Waals surface area contributed by atoms with Gasteiger partial charge in [-0.15, -0.1) is 0 Å². The zero-order chi connectivity index (χ0) is 10.6. The second kappa shape index (κ2) is 5.35. The van der Waals surface area contributed by atoms with E-state index in [4.69, 9.17) is 5.73 Å². The molecule has 0 spiro atoms. The fourth-order valence-corrected chi connectivity index (χ4v) is 1.81. The maximum absolute atomic E-state index is 11.7. The summed E-state index contributed by atoms with van der Waals surface area (Å²) in [5.74, 6) is 1.47. The molecule has 1 aliphatic heterocycles. The topological polar surface area (TPSA) is 46.3 Å². The first-order chi connectivity index (χ1) is 6.63. The molecule has 3 nitrogen and oxygen atoms in total. The second-order valence-corrected chi connectivity index (χ2v) is 4.61. The van der Waals surface area contributed by atoms with E-state index in [1.165, 1.54) is 0 Å². The van der Waals surface area contributed by atoms with Gasteiger partial charge in [0.2, 0.25) is 5.91 Å². The summed E-state index contributed by atoms with van der Waals surface area (Å²) in [5.41, 5.74) is 5.51. The largest absolute Gasteiger partial charge is 0.342 e. The van der Waals surface area contributed by atoms with Gasteiger partial charge in [-0.2, -0.15) is 0 Å². The van der Waals surface area contributed by atoms with Gasteiger partial charge < -0.3 is 10.6 Å². The number of nitrogens with two attached hydrogens (primary N) is 1. The summed E-state index contributed by atoms with van der Waals surface area (Å²) in [7, 11) is 0. The number of amides is 1. The Labute approximate surface area is 86.6 Å². The summed E-state index contributed by atoms with van der Waals surface area (Å²) in [5, 5.41) is 0. The molecule has 1 rings (SSSR count). The van der Waals surface area contributed by atoms with Gasteiger partial charge in [-0.25, -0.2) is 0 Å². The number of hydrogen-bond donors (Lipinski definition) is 1. The molecule has 1 aliphatic rings. The maximum Gasteiger partial charge on any atom is 0.222 e. The van der Waals surface area contributed by atoms with Crippen molar-refractivity contribution in [3.05, 3.63) is 0 Å². The Balaban J connectivity index is 2.22. The summed E-state index contributed by atoms with van der Waals surface area (Å²) in [6.45, 7) is 6.90. The number of rotatable bonds is 4. The average Bonchev–Trinajstić information content (AvgIpc) is 2.60. The lowest BCUT2D eigenvalue weighted by Gasteiger charge is -2.16. The Bertz CT molecular complexity index is 194. The van der Waals surface area contributed by atoms with Gasteiger partial charge >= 0.3 is 0 Å². The molecule has 82 valence electrons. The lowest BCUT2D eigenvalue weighted by molar-refractivity contribution is -0.130. The molecule has 3 heteroatoms. The zero-order valence-corrected chi connectivity index (χ0v) is 9.33. The minimum absolute atomic E-state index is 0.314. The summed E-state index contributed by atoms with van der Waals surface area (Å²) in [4.78, 5) is 13.7. The smallest absolute Gasteiger partial charge is 0.222 e. The van der Waals surface area contributed by atoms with Crippen LogP contribution in [0.2, 0.25) is 0 Å². The van der Waals surface area contributed by atoms with E-state index in [1.54, 1.807) is 0 Å². The molecule has 2 atom stereocenters. The second-order valence-electron chi connectivity index (χ2n) is 4.61. The first-order valence-electron chi connectivity index (χ1n) is 5.61. The Hall–Kier alpha value is -0.570. The highest BCUT2D eigenvalue weighted by atomic mass is 16.2. The minimum Gasteiger partial charge on any atom is -0.342 e. The molecule has 2 unspecified atom stereocenters. The fraction of sp³-hybridized carbons (Fsp3) is 0.909. The normalized spacial score (nSPS) is 23.9. The molecule has 0 aromatic carbocycles. The Morgan fingerprint density at radius 1 is 1.64 bits per heavy atom. The van der Waals surface area contributed by atoms with Crippen LogP contribution in [-0.4, -0.2) is 30.4 Å². The first-order valence-corrected chi connectivity index (χ1v) is 5.61. The first kappa shape index (κ1) is 11.5. The molecule has 14 heavy (non-hydrogen) atoms. The fourth-order valence-electron chi connectivity index (χ4n) is 1.81.